The largest absolute Gasteiger partial charge is 0.396 e. The van der Waals surface area contributed by atoms with Gasteiger partial charge in [0.25, 0.3) is 5.91 Å². The Morgan fingerprint density at radius 1 is 1.41 bits per heavy atom. The van der Waals surface area contributed by atoms with Crippen LogP contribution in [-0.2, 0) is 0 Å². The number of aliphatic hydroxyl groups is 1. The number of thiazole rings is 1. The molecule has 5 heteroatoms. The lowest BCUT2D eigenvalue weighted by Crippen LogP contribution is -2.37. The zero-order chi connectivity index (χ0) is 15.5. The van der Waals surface area contributed by atoms with Crippen molar-refractivity contribution in [3.63, 3.8) is 0 Å². The molecule has 1 amide bonds. The molecule has 1 fully saturated rings. The lowest BCUT2D eigenvalue weighted by Gasteiger charge is -2.16. The van der Waals surface area contributed by atoms with E-state index in [-0.39, 0.29) is 18.6 Å². The maximum atomic E-state index is 12.5. The lowest BCUT2D eigenvalue weighted by molar-refractivity contribution is 0.0927. The Bertz CT molecular complexity index is 650. The summed E-state index contributed by atoms with van der Waals surface area (Å²) in [6.07, 6.45) is 2.91. The van der Waals surface area contributed by atoms with Gasteiger partial charge in [-0.1, -0.05) is 30.3 Å². The Morgan fingerprint density at radius 3 is 2.77 bits per heavy atom. The van der Waals surface area contributed by atoms with Gasteiger partial charge >= 0.3 is 0 Å². The van der Waals surface area contributed by atoms with E-state index in [0.717, 1.165) is 29.1 Å². The molecule has 1 unspecified atom stereocenters. The van der Waals surface area contributed by atoms with Gasteiger partial charge in [-0.2, -0.15) is 0 Å². The van der Waals surface area contributed by atoms with Gasteiger partial charge in [0.1, 0.15) is 9.88 Å². The molecular formula is C17H20N2O2S. The molecule has 1 aliphatic carbocycles. The summed E-state index contributed by atoms with van der Waals surface area (Å²) in [4.78, 5) is 17.7. The topological polar surface area (TPSA) is 62.2 Å². The van der Waals surface area contributed by atoms with Crippen molar-refractivity contribution in [3.8, 4) is 10.6 Å². The van der Waals surface area contributed by atoms with E-state index in [1.54, 1.807) is 0 Å². The summed E-state index contributed by atoms with van der Waals surface area (Å²) in [5.74, 6) is 0.459. The number of carbonyl (C=O) groups is 1. The molecule has 0 spiro atoms. The fourth-order valence-electron chi connectivity index (χ4n) is 2.61. The van der Waals surface area contributed by atoms with Crippen LogP contribution in [0.3, 0.4) is 0 Å². The number of rotatable bonds is 6. The number of aliphatic hydroxyl groups excluding tert-OH is 1. The third-order valence-electron chi connectivity index (χ3n) is 3.97. The monoisotopic (exact) mass is 316 g/mol. The average molecular weight is 316 g/mol. The van der Waals surface area contributed by atoms with E-state index >= 15 is 0 Å². The zero-order valence-electron chi connectivity index (χ0n) is 12.6. The molecule has 1 saturated carbocycles. The molecule has 116 valence electrons. The van der Waals surface area contributed by atoms with Crippen molar-refractivity contribution in [1.82, 2.24) is 10.3 Å². The maximum absolute atomic E-state index is 12.5. The Hall–Kier alpha value is -1.72. The third kappa shape index (κ3) is 3.36. The number of benzene rings is 1. The van der Waals surface area contributed by atoms with Crippen LogP contribution in [0.1, 0.15) is 34.6 Å². The number of aryl methyl sites for hydroxylation is 1. The molecule has 2 aromatic rings. The van der Waals surface area contributed by atoms with Gasteiger partial charge < -0.3 is 10.4 Å². The second-order valence-electron chi connectivity index (χ2n) is 5.73. The van der Waals surface area contributed by atoms with Crippen LogP contribution in [0.25, 0.3) is 10.6 Å². The predicted octanol–water partition coefficient (Wildman–Crippen LogP) is 3.01. The predicted molar refractivity (Wildman–Crippen MR) is 88.0 cm³/mol. The van der Waals surface area contributed by atoms with E-state index in [9.17, 15) is 4.79 Å². The van der Waals surface area contributed by atoms with E-state index in [0.29, 0.717) is 17.2 Å². The fraction of sp³-hybridized carbons (Fsp3) is 0.412. The molecule has 1 aliphatic rings. The molecule has 0 radical (unpaired) electrons. The van der Waals surface area contributed by atoms with Crippen molar-refractivity contribution < 1.29 is 9.90 Å². The van der Waals surface area contributed by atoms with Crippen LogP contribution < -0.4 is 5.32 Å². The van der Waals surface area contributed by atoms with Crippen molar-refractivity contribution in [2.75, 3.05) is 6.61 Å². The first kappa shape index (κ1) is 15.2. The van der Waals surface area contributed by atoms with Gasteiger partial charge in [-0.25, -0.2) is 4.98 Å². The molecular weight excluding hydrogens is 296 g/mol. The highest BCUT2D eigenvalue weighted by Crippen LogP contribution is 2.34. The summed E-state index contributed by atoms with van der Waals surface area (Å²) < 4.78 is 0. The van der Waals surface area contributed by atoms with Crippen molar-refractivity contribution >= 4 is 17.2 Å². The highest BCUT2D eigenvalue weighted by atomic mass is 32.1. The molecule has 2 N–H and O–H groups in total. The molecule has 1 atom stereocenters. The van der Waals surface area contributed by atoms with Gasteiger partial charge in [0.15, 0.2) is 0 Å². The lowest BCUT2D eigenvalue weighted by atomic mass is 10.1. The number of nitrogens with one attached hydrogen (secondary N) is 1. The van der Waals surface area contributed by atoms with E-state index in [1.165, 1.54) is 11.3 Å². The number of hydrogen-bond donors (Lipinski definition) is 2. The van der Waals surface area contributed by atoms with Gasteiger partial charge in [0, 0.05) is 18.2 Å². The summed E-state index contributed by atoms with van der Waals surface area (Å²) in [5, 5.41) is 13.1. The maximum Gasteiger partial charge on any atom is 0.263 e. The third-order valence-corrected chi connectivity index (χ3v) is 5.18. The highest BCUT2D eigenvalue weighted by Gasteiger charge is 2.32. The van der Waals surface area contributed by atoms with Crippen LogP contribution in [-0.4, -0.2) is 28.6 Å². The summed E-state index contributed by atoms with van der Waals surface area (Å²) in [6, 6.07) is 9.98. The van der Waals surface area contributed by atoms with Crippen molar-refractivity contribution in [3.05, 3.63) is 40.9 Å². The standard InChI is InChI=1S/C17H20N2O2S/c1-11-15(16(21)19-14(9-10-20)12-7-8-12)22-17(18-11)13-5-3-2-4-6-13/h2-6,12,14,20H,7-10H2,1H3,(H,19,21). The summed E-state index contributed by atoms with van der Waals surface area (Å²) >= 11 is 1.43. The first-order valence-electron chi connectivity index (χ1n) is 7.63. The second kappa shape index (κ2) is 6.58. The van der Waals surface area contributed by atoms with Crippen molar-refractivity contribution in [2.45, 2.75) is 32.2 Å². The Balaban J connectivity index is 1.76. The van der Waals surface area contributed by atoms with Crippen LogP contribution in [0, 0.1) is 12.8 Å². The molecule has 0 bridgehead atoms. The summed E-state index contributed by atoms with van der Waals surface area (Å²) in [7, 11) is 0. The summed E-state index contributed by atoms with van der Waals surface area (Å²) in [5.41, 5.74) is 1.80. The molecule has 1 heterocycles. The van der Waals surface area contributed by atoms with E-state index < -0.39 is 0 Å². The number of aromatic nitrogens is 1. The van der Waals surface area contributed by atoms with Gasteiger partial charge in [-0.3, -0.25) is 4.79 Å². The van der Waals surface area contributed by atoms with Crippen LogP contribution in [0.15, 0.2) is 30.3 Å². The number of nitrogens with zero attached hydrogens (tertiary/aromatic N) is 1. The van der Waals surface area contributed by atoms with Crippen LogP contribution in [0.4, 0.5) is 0 Å². The van der Waals surface area contributed by atoms with E-state index in [4.69, 9.17) is 5.11 Å². The van der Waals surface area contributed by atoms with Crippen molar-refractivity contribution in [1.29, 1.82) is 0 Å². The normalized spacial score (nSPS) is 15.5. The molecule has 3 rings (SSSR count). The smallest absolute Gasteiger partial charge is 0.263 e. The average Bonchev–Trinajstić information content (AvgIpc) is 3.30. The Labute approximate surface area is 134 Å². The highest BCUT2D eigenvalue weighted by molar-refractivity contribution is 7.17. The first-order chi connectivity index (χ1) is 10.7. The van der Waals surface area contributed by atoms with E-state index in [2.05, 4.69) is 10.3 Å². The second-order valence-corrected chi connectivity index (χ2v) is 6.73. The SMILES string of the molecule is Cc1nc(-c2ccccc2)sc1C(=O)NC(CCO)C1CC1. The molecule has 1 aromatic carbocycles. The minimum absolute atomic E-state index is 0.0671. The number of carbonyl (C=O) groups excluding carboxylic acids is 1. The van der Waals surface area contributed by atoms with Crippen molar-refractivity contribution in [2.24, 2.45) is 5.92 Å². The molecule has 0 aliphatic heterocycles. The molecule has 1 aromatic heterocycles. The molecule has 0 saturated heterocycles. The van der Waals surface area contributed by atoms with Gasteiger partial charge in [-0.05, 0) is 32.1 Å². The molecule has 22 heavy (non-hydrogen) atoms. The molecule has 4 nitrogen and oxygen atoms in total. The quantitative estimate of drug-likeness (QED) is 0.861. The van der Waals surface area contributed by atoms with Crippen LogP contribution in [0.2, 0.25) is 0 Å². The van der Waals surface area contributed by atoms with Crippen LogP contribution >= 0.6 is 11.3 Å². The van der Waals surface area contributed by atoms with Gasteiger partial charge in [0.2, 0.25) is 0 Å². The van der Waals surface area contributed by atoms with E-state index in [1.807, 2.05) is 37.3 Å². The Morgan fingerprint density at radius 2 is 2.14 bits per heavy atom. The number of amides is 1. The first-order valence-corrected chi connectivity index (χ1v) is 8.45. The minimum Gasteiger partial charge on any atom is -0.396 e. The Kier molecular flexibility index (Phi) is 4.55. The fourth-order valence-corrected chi connectivity index (χ4v) is 3.58. The zero-order valence-corrected chi connectivity index (χ0v) is 13.4. The summed E-state index contributed by atoms with van der Waals surface area (Å²) in [6.45, 7) is 1.98. The van der Waals surface area contributed by atoms with Gasteiger partial charge in [0.05, 0.1) is 5.69 Å². The minimum atomic E-state index is -0.0671. The van der Waals surface area contributed by atoms with Crippen LogP contribution in [0.5, 0.6) is 0 Å². The van der Waals surface area contributed by atoms with Gasteiger partial charge in [-0.15, -0.1) is 11.3 Å². The number of hydrogen-bond acceptors (Lipinski definition) is 4.